The van der Waals surface area contributed by atoms with Crippen LogP contribution in [0.2, 0.25) is 0 Å². The topological polar surface area (TPSA) is 15.3 Å². The van der Waals surface area contributed by atoms with Crippen LogP contribution in [0.25, 0.3) is 0 Å². The van der Waals surface area contributed by atoms with E-state index in [-0.39, 0.29) is 0 Å². The molecule has 2 heterocycles. The summed E-state index contributed by atoms with van der Waals surface area (Å²) < 4.78 is 0. The Morgan fingerprint density at radius 2 is 2.22 bits per heavy atom. The van der Waals surface area contributed by atoms with Gasteiger partial charge in [0.25, 0.3) is 0 Å². The number of fused-ring (bicyclic) bond motifs is 1. The van der Waals surface area contributed by atoms with E-state index in [1.807, 2.05) is 41.7 Å². The lowest BCUT2D eigenvalue weighted by molar-refractivity contribution is 0.546. The van der Waals surface area contributed by atoms with E-state index in [0.717, 1.165) is 6.17 Å². The van der Waals surface area contributed by atoms with Crippen LogP contribution in [0.5, 0.6) is 0 Å². The van der Waals surface area contributed by atoms with E-state index >= 15 is 0 Å². The van der Waals surface area contributed by atoms with E-state index in [2.05, 4.69) is 5.32 Å². The molecule has 0 aliphatic carbocycles. The van der Waals surface area contributed by atoms with E-state index < -0.39 is 0 Å². The molecule has 2 nitrogen and oxygen atoms in total. The Kier molecular flexibility index (Phi) is 0.859. The first-order chi connectivity index (χ1) is 4.47. The Labute approximate surface area is 54.2 Å². The van der Waals surface area contributed by atoms with Crippen molar-refractivity contribution in [1.82, 2.24) is 10.2 Å². The summed E-state index contributed by atoms with van der Waals surface area (Å²) in [5.41, 5.74) is 0. The van der Waals surface area contributed by atoms with Gasteiger partial charge in [0.1, 0.15) is 0 Å². The largest absolute Gasteiger partial charge is 0.360 e. The smallest absolute Gasteiger partial charge is 0.180 e. The summed E-state index contributed by atoms with van der Waals surface area (Å²) >= 11 is 0. The van der Waals surface area contributed by atoms with Gasteiger partial charge < -0.3 is 10.2 Å². The number of nitrogens with zero attached hydrogens (tertiary/aromatic N) is 1. The van der Waals surface area contributed by atoms with E-state index in [4.69, 9.17) is 0 Å². The molecular formula is C7H7N2. The molecule has 0 unspecified atom stereocenters. The molecule has 0 saturated heterocycles. The predicted octanol–water partition coefficient (Wildman–Crippen LogP) is 0.936. The number of hydrogen-bond acceptors (Lipinski definition) is 2. The number of hydrogen-bond donors (Lipinski definition) is 1. The van der Waals surface area contributed by atoms with Crippen LogP contribution >= 0.6 is 0 Å². The zero-order valence-corrected chi connectivity index (χ0v) is 4.91. The van der Waals surface area contributed by atoms with Crippen LogP contribution in [-0.4, -0.2) is 4.90 Å². The molecule has 2 aliphatic rings. The summed E-state index contributed by atoms with van der Waals surface area (Å²) in [7, 11) is 0. The van der Waals surface area contributed by atoms with Gasteiger partial charge in [0.2, 0.25) is 0 Å². The van der Waals surface area contributed by atoms with Gasteiger partial charge in [-0.1, -0.05) is 6.08 Å². The molecule has 1 N–H and O–H groups in total. The van der Waals surface area contributed by atoms with Gasteiger partial charge in [-0.25, -0.2) is 0 Å². The van der Waals surface area contributed by atoms with Gasteiger partial charge >= 0.3 is 0 Å². The lowest BCUT2D eigenvalue weighted by Gasteiger charge is -2.18. The van der Waals surface area contributed by atoms with E-state index in [0.29, 0.717) is 0 Å². The summed E-state index contributed by atoms with van der Waals surface area (Å²) in [6.45, 7) is 0. The Hall–Kier alpha value is -1.18. The van der Waals surface area contributed by atoms with Crippen molar-refractivity contribution < 1.29 is 0 Å². The highest BCUT2D eigenvalue weighted by Gasteiger charge is 2.15. The molecular weight excluding hydrogens is 112 g/mol. The average molecular weight is 119 g/mol. The molecule has 2 rings (SSSR count). The minimum atomic E-state index is 1.12. The fourth-order valence-corrected chi connectivity index (χ4v) is 0.911. The van der Waals surface area contributed by atoms with Crippen molar-refractivity contribution in [2.45, 2.75) is 0 Å². The maximum absolute atomic E-state index is 3.08. The summed E-state index contributed by atoms with van der Waals surface area (Å²) in [5.74, 6) is 0. The zero-order valence-electron chi connectivity index (χ0n) is 4.91. The standard InChI is InChI=1S/C7H7N2/c1-2-5-9-6-4-8-7(9)3-1/h1-6,8H. The quantitative estimate of drug-likeness (QED) is 0.510. The third-order valence-electron chi connectivity index (χ3n) is 1.36. The first kappa shape index (κ1) is 4.68. The molecule has 0 amide bonds. The van der Waals surface area contributed by atoms with Crippen molar-refractivity contribution >= 4 is 0 Å². The van der Waals surface area contributed by atoms with Gasteiger partial charge in [-0.05, 0) is 12.2 Å². The number of rotatable bonds is 0. The summed E-state index contributed by atoms with van der Waals surface area (Å²) in [6.07, 6.45) is 13.1. The summed E-state index contributed by atoms with van der Waals surface area (Å²) in [6, 6.07) is 0. The van der Waals surface area contributed by atoms with E-state index in [9.17, 15) is 0 Å². The van der Waals surface area contributed by atoms with Crippen LogP contribution in [0.3, 0.4) is 0 Å². The molecule has 0 atom stereocenters. The fourth-order valence-electron chi connectivity index (χ4n) is 0.911. The highest BCUT2D eigenvalue weighted by molar-refractivity contribution is 5.27. The molecule has 2 aliphatic heterocycles. The SMILES string of the molecule is C1=C[C]2NC=CN2C=C1. The average Bonchev–Trinajstić information content (AvgIpc) is 2.33. The molecule has 0 aromatic rings. The van der Waals surface area contributed by atoms with Crippen molar-refractivity contribution in [1.29, 1.82) is 0 Å². The number of allylic oxidation sites excluding steroid dienone is 2. The first-order valence-corrected chi connectivity index (χ1v) is 2.90. The number of nitrogens with one attached hydrogen (secondary N) is 1. The lowest BCUT2D eigenvalue weighted by atomic mass is 10.3. The monoisotopic (exact) mass is 119 g/mol. The molecule has 0 aromatic carbocycles. The van der Waals surface area contributed by atoms with Crippen molar-refractivity contribution in [2.75, 3.05) is 0 Å². The van der Waals surface area contributed by atoms with Crippen molar-refractivity contribution in [2.24, 2.45) is 0 Å². The van der Waals surface area contributed by atoms with Crippen molar-refractivity contribution in [3.63, 3.8) is 0 Å². The highest BCUT2D eigenvalue weighted by atomic mass is 15.3. The summed E-state index contributed by atoms with van der Waals surface area (Å²) in [5, 5.41) is 3.08. The maximum atomic E-state index is 3.08. The van der Waals surface area contributed by atoms with Gasteiger partial charge in [0.15, 0.2) is 6.17 Å². The Morgan fingerprint density at radius 1 is 1.22 bits per heavy atom. The van der Waals surface area contributed by atoms with Gasteiger partial charge in [-0.3, -0.25) is 0 Å². The molecule has 9 heavy (non-hydrogen) atoms. The Morgan fingerprint density at radius 3 is 3.11 bits per heavy atom. The lowest BCUT2D eigenvalue weighted by Crippen LogP contribution is -2.21. The molecule has 0 saturated carbocycles. The van der Waals surface area contributed by atoms with Gasteiger partial charge in [0, 0.05) is 18.6 Å². The Balaban J connectivity index is 2.25. The van der Waals surface area contributed by atoms with Gasteiger partial charge in [-0.15, -0.1) is 0 Å². The van der Waals surface area contributed by atoms with Gasteiger partial charge in [-0.2, -0.15) is 0 Å². The van der Waals surface area contributed by atoms with Crippen LogP contribution in [0, 0.1) is 6.17 Å². The van der Waals surface area contributed by atoms with Crippen LogP contribution in [-0.2, 0) is 0 Å². The van der Waals surface area contributed by atoms with Gasteiger partial charge in [0.05, 0.1) is 0 Å². The Bertz CT molecular complexity index is 191. The molecule has 0 bridgehead atoms. The second-order valence-electron chi connectivity index (χ2n) is 1.95. The maximum Gasteiger partial charge on any atom is 0.180 e. The fraction of sp³-hybridized carbons (Fsp3) is 0. The molecule has 2 heteroatoms. The normalized spacial score (nSPS) is 22.4. The van der Waals surface area contributed by atoms with Crippen LogP contribution < -0.4 is 5.32 Å². The van der Waals surface area contributed by atoms with E-state index in [1.54, 1.807) is 0 Å². The second-order valence-corrected chi connectivity index (χ2v) is 1.95. The minimum absolute atomic E-state index is 1.12. The predicted molar refractivity (Wildman–Crippen MR) is 35.6 cm³/mol. The third kappa shape index (κ3) is 0.633. The van der Waals surface area contributed by atoms with E-state index in [1.165, 1.54) is 0 Å². The third-order valence-corrected chi connectivity index (χ3v) is 1.36. The first-order valence-electron chi connectivity index (χ1n) is 2.90. The van der Waals surface area contributed by atoms with Crippen LogP contribution in [0.4, 0.5) is 0 Å². The summed E-state index contributed by atoms with van der Waals surface area (Å²) in [4.78, 5) is 2.03. The molecule has 0 fully saturated rings. The second kappa shape index (κ2) is 1.65. The molecule has 45 valence electrons. The van der Waals surface area contributed by atoms with Crippen LogP contribution in [0.1, 0.15) is 0 Å². The van der Waals surface area contributed by atoms with Crippen molar-refractivity contribution in [3.8, 4) is 0 Å². The molecule has 0 spiro atoms. The highest BCUT2D eigenvalue weighted by Crippen LogP contribution is 2.16. The van der Waals surface area contributed by atoms with Crippen molar-refractivity contribution in [3.05, 3.63) is 43.0 Å². The molecule has 1 radical (unpaired) electrons. The zero-order chi connectivity index (χ0) is 6.10. The minimum Gasteiger partial charge on any atom is -0.360 e. The molecule has 0 aromatic heterocycles. The van der Waals surface area contributed by atoms with Crippen LogP contribution in [0.15, 0.2) is 36.8 Å².